The van der Waals surface area contributed by atoms with Crippen LogP contribution in [0, 0.1) is 6.92 Å². The molecule has 0 radical (unpaired) electrons. The van der Waals surface area contributed by atoms with E-state index >= 15 is 0 Å². The Morgan fingerprint density at radius 1 is 1.25 bits per heavy atom. The van der Waals surface area contributed by atoms with Crippen LogP contribution in [0.1, 0.15) is 5.56 Å². The Morgan fingerprint density at radius 2 is 2.04 bits per heavy atom. The van der Waals surface area contributed by atoms with Crippen LogP contribution in [0.15, 0.2) is 53.6 Å². The van der Waals surface area contributed by atoms with Crippen LogP contribution in [0.5, 0.6) is 5.75 Å². The largest absolute Gasteiger partial charge is 0.453 e. The number of carbonyl (C=O) groups excluding carboxylic acids is 1. The van der Waals surface area contributed by atoms with Crippen molar-refractivity contribution in [3.63, 3.8) is 0 Å². The molecular weight excluding hydrogens is 310 g/mol. The van der Waals surface area contributed by atoms with E-state index in [1.54, 1.807) is 35.3 Å². The van der Waals surface area contributed by atoms with Crippen LogP contribution in [0.3, 0.4) is 0 Å². The van der Waals surface area contributed by atoms with Crippen LogP contribution in [-0.2, 0) is 9.47 Å². The van der Waals surface area contributed by atoms with Crippen molar-refractivity contribution in [1.82, 2.24) is 0 Å². The first kappa shape index (κ1) is 15.7. The highest BCUT2D eigenvalue weighted by atomic mass is 16.7. The molecule has 3 rings (SSSR count). The number of anilines is 2. The number of amides is 1. The topological polar surface area (TPSA) is 72.4 Å². The summed E-state index contributed by atoms with van der Waals surface area (Å²) in [6.45, 7) is 2.17. The van der Waals surface area contributed by atoms with E-state index in [4.69, 9.17) is 14.2 Å². The summed E-state index contributed by atoms with van der Waals surface area (Å²) in [6, 6.07) is 14.4. The van der Waals surface area contributed by atoms with Gasteiger partial charge in [0.25, 0.3) is 0 Å². The Hall–Kier alpha value is -3.22. The van der Waals surface area contributed by atoms with Crippen molar-refractivity contribution in [1.29, 1.82) is 0 Å². The average Bonchev–Trinajstić information content (AvgIpc) is 3.07. The second kappa shape index (κ2) is 6.91. The lowest BCUT2D eigenvalue weighted by Gasteiger charge is -2.14. The molecule has 1 amide bonds. The fraction of sp³-hybridized carbons (Fsp3) is 0.176. The average molecular weight is 327 g/mol. The van der Waals surface area contributed by atoms with Crippen LogP contribution in [0.2, 0.25) is 0 Å². The van der Waals surface area contributed by atoms with Gasteiger partial charge in [-0.05, 0) is 42.8 Å². The third-order valence-electron chi connectivity index (χ3n) is 3.39. The van der Waals surface area contributed by atoms with Crippen molar-refractivity contribution < 1.29 is 19.0 Å². The molecule has 0 spiro atoms. The number of carbonyl (C=O) groups is 1. The number of hydrogen-bond acceptors (Lipinski definition) is 6. The van der Waals surface area contributed by atoms with Crippen molar-refractivity contribution in [2.45, 2.75) is 6.92 Å². The van der Waals surface area contributed by atoms with Crippen molar-refractivity contribution in [3.8, 4) is 5.75 Å². The summed E-state index contributed by atoms with van der Waals surface area (Å²) in [7, 11) is 1.50. The van der Waals surface area contributed by atoms with Gasteiger partial charge in [0.2, 0.25) is 0 Å². The molecule has 0 unspecified atom stereocenters. The van der Waals surface area contributed by atoms with Crippen LogP contribution < -0.4 is 15.1 Å². The molecule has 24 heavy (non-hydrogen) atoms. The predicted molar refractivity (Wildman–Crippen MR) is 90.1 cm³/mol. The van der Waals surface area contributed by atoms with Gasteiger partial charge in [0.05, 0.1) is 12.8 Å². The number of hydrazone groups is 1. The molecule has 7 heteroatoms. The molecule has 0 atom stereocenters. The first-order valence-corrected chi connectivity index (χ1v) is 7.33. The van der Waals surface area contributed by atoms with Crippen molar-refractivity contribution in [2.75, 3.05) is 24.2 Å². The highest BCUT2D eigenvalue weighted by Crippen LogP contribution is 2.25. The summed E-state index contributed by atoms with van der Waals surface area (Å²) in [6.07, 6.45) is -0.317. The van der Waals surface area contributed by atoms with Crippen LogP contribution in [-0.4, -0.2) is 26.0 Å². The van der Waals surface area contributed by atoms with Crippen molar-refractivity contribution in [2.24, 2.45) is 5.10 Å². The molecule has 0 saturated heterocycles. The van der Waals surface area contributed by atoms with Crippen LogP contribution in [0.4, 0.5) is 16.2 Å². The van der Waals surface area contributed by atoms with Crippen LogP contribution >= 0.6 is 0 Å². The first-order valence-electron chi connectivity index (χ1n) is 7.33. The van der Waals surface area contributed by atoms with Crippen molar-refractivity contribution in [3.05, 3.63) is 54.1 Å². The molecule has 0 fully saturated rings. The number of hydrogen-bond donors (Lipinski definition) is 1. The maximum absolute atomic E-state index is 12.0. The number of benzene rings is 2. The van der Waals surface area contributed by atoms with Gasteiger partial charge in [0, 0.05) is 5.69 Å². The minimum absolute atomic E-state index is 0.223. The zero-order chi connectivity index (χ0) is 16.9. The smallest absolute Gasteiger partial charge is 0.417 e. The van der Waals surface area contributed by atoms with E-state index in [0.717, 1.165) is 11.3 Å². The fourth-order valence-electron chi connectivity index (χ4n) is 2.18. The van der Waals surface area contributed by atoms with Gasteiger partial charge < -0.3 is 14.2 Å². The van der Waals surface area contributed by atoms with Gasteiger partial charge in [-0.15, -0.1) is 0 Å². The van der Waals surface area contributed by atoms with Crippen molar-refractivity contribution >= 4 is 23.6 Å². The van der Waals surface area contributed by atoms with Gasteiger partial charge in [-0.1, -0.05) is 23.3 Å². The number of para-hydroxylation sites is 1. The van der Waals surface area contributed by atoms with Gasteiger partial charge in [0.1, 0.15) is 5.75 Å². The van der Waals surface area contributed by atoms with Gasteiger partial charge in [-0.3, -0.25) is 5.32 Å². The molecule has 124 valence electrons. The summed E-state index contributed by atoms with van der Waals surface area (Å²) >= 11 is 0. The SMILES string of the molecule is COC1=NN(c2ccc(NC(=O)Oc3ccccc3)c(C)c2)CO1. The summed E-state index contributed by atoms with van der Waals surface area (Å²) in [4.78, 5) is 12.0. The minimum atomic E-state index is -0.541. The fourth-order valence-corrected chi connectivity index (χ4v) is 2.18. The van der Waals surface area contributed by atoms with Gasteiger partial charge >= 0.3 is 12.2 Å². The van der Waals surface area contributed by atoms with E-state index in [-0.39, 0.29) is 12.8 Å². The number of rotatable bonds is 3. The summed E-state index contributed by atoms with van der Waals surface area (Å²) in [5.41, 5.74) is 2.37. The first-order chi connectivity index (χ1) is 11.7. The van der Waals surface area contributed by atoms with Gasteiger partial charge in [0.15, 0.2) is 6.73 Å². The zero-order valence-corrected chi connectivity index (χ0v) is 13.4. The Balaban J connectivity index is 1.67. The maximum atomic E-state index is 12.0. The van der Waals surface area contributed by atoms with E-state index in [0.29, 0.717) is 11.4 Å². The van der Waals surface area contributed by atoms with Gasteiger partial charge in [-0.25, -0.2) is 9.80 Å². The molecule has 1 aliphatic rings. The molecule has 2 aromatic rings. The number of aryl methyl sites for hydroxylation is 1. The van der Waals surface area contributed by atoms with E-state index in [1.807, 2.05) is 25.1 Å². The molecular formula is C17H17N3O4. The number of nitrogens with zero attached hydrogens (tertiary/aromatic N) is 2. The molecule has 1 heterocycles. The molecule has 0 saturated carbocycles. The normalized spacial score (nSPS) is 13.1. The summed E-state index contributed by atoms with van der Waals surface area (Å²) in [5.74, 6) is 0.486. The second-order valence-electron chi connectivity index (χ2n) is 5.07. The van der Waals surface area contributed by atoms with Gasteiger partial charge in [-0.2, -0.15) is 0 Å². The Labute approximate surface area is 139 Å². The van der Waals surface area contributed by atoms with E-state index in [1.165, 1.54) is 7.11 Å². The Morgan fingerprint density at radius 3 is 2.71 bits per heavy atom. The molecule has 2 aromatic carbocycles. The lowest BCUT2D eigenvalue weighted by atomic mass is 10.2. The Bertz CT molecular complexity index is 762. The number of nitrogens with one attached hydrogen (secondary N) is 1. The molecule has 7 nitrogen and oxygen atoms in total. The highest BCUT2D eigenvalue weighted by Gasteiger charge is 2.18. The van der Waals surface area contributed by atoms with E-state index in [2.05, 4.69) is 10.4 Å². The minimum Gasteiger partial charge on any atom is -0.453 e. The van der Waals surface area contributed by atoms with E-state index in [9.17, 15) is 4.79 Å². The lowest BCUT2D eigenvalue weighted by molar-refractivity contribution is 0.215. The zero-order valence-electron chi connectivity index (χ0n) is 13.4. The Kier molecular flexibility index (Phi) is 4.51. The monoisotopic (exact) mass is 327 g/mol. The molecule has 0 aliphatic carbocycles. The van der Waals surface area contributed by atoms with Crippen LogP contribution in [0.25, 0.3) is 0 Å². The maximum Gasteiger partial charge on any atom is 0.417 e. The second-order valence-corrected chi connectivity index (χ2v) is 5.07. The summed E-state index contributed by atoms with van der Waals surface area (Å²) in [5, 5.41) is 8.55. The quantitative estimate of drug-likeness (QED) is 0.936. The molecule has 1 N–H and O–H groups in total. The third kappa shape index (κ3) is 3.57. The summed E-state index contributed by atoms with van der Waals surface area (Å²) < 4.78 is 15.4. The number of ether oxygens (including phenoxy) is 3. The standard InChI is InChI=1S/C17H17N3O4/c1-12-10-13(20-11-23-17(19-20)22-2)8-9-15(12)18-16(21)24-14-6-4-3-5-7-14/h3-10H,11H2,1-2H3,(H,18,21). The highest BCUT2D eigenvalue weighted by molar-refractivity contribution is 5.87. The third-order valence-corrected chi connectivity index (χ3v) is 3.39. The predicted octanol–water partition coefficient (Wildman–Crippen LogP) is 3.32. The molecule has 0 bridgehead atoms. The lowest BCUT2D eigenvalue weighted by Crippen LogP contribution is -2.18. The number of methoxy groups -OCH3 is 1. The van der Waals surface area contributed by atoms with E-state index < -0.39 is 6.09 Å². The molecule has 0 aromatic heterocycles. The molecule has 1 aliphatic heterocycles.